The molecule has 0 spiro atoms. The predicted molar refractivity (Wildman–Crippen MR) is 235 cm³/mol. The van der Waals surface area contributed by atoms with Crippen molar-refractivity contribution in [2.75, 3.05) is 28.4 Å². The quantitative estimate of drug-likeness (QED) is 0.0710. The summed E-state index contributed by atoms with van der Waals surface area (Å²) in [6.45, 7) is -7.17. The van der Waals surface area contributed by atoms with E-state index in [-0.39, 0.29) is 10.6 Å². The highest BCUT2D eigenvalue weighted by atomic mass is 31.2. The minimum absolute atomic E-state index is 0.181. The van der Waals surface area contributed by atoms with Crippen LogP contribution in [0.1, 0.15) is 0 Å². The standard InChI is InChI=1S/C48H42O8P2/c1-53-45(49)41(43(47(51)55-3)57(35-23-11-5-12-24-35,36-25-13-6-14-26-36)37-27-15-7-16-28-37)42(46(50)54-2)44(48(52)56-4)58(38-29-17-8-18-30-38,39-31-19-9-20-32-39)40-33-21-10-22-34-40/h5-34H,1-4H3/b42-41+. The number of hydrogen-bond donors (Lipinski definition) is 0. The summed E-state index contributed by atoms with van der Waals surface area (Å²) < 4.78 is 22.5. The maximum Gasteiger partial charge on any atom is 0.339 e. The van der Waals surface area contributed by atoms with Crippen LogP contribution in [-0.2, 0) is 38.1 Å². The van der Waals surface area contributed by atoms with Crippen LogP contribution in [0.2, 0.25) is 0 Å². The van der Waals surface area contributed by atoms with Gasteiger partial charge in [-0.05, 0) is 45.6 Å². The lowest BCUT2D eigenvalue weighted by atomic mass is 10.0. The van der Waals surface area contributed by atoms with Crippen LogP contribution in [0.3, 0.4) is 0 Å². The van der Waals surface area contributed by atoms with Gasteiger partial charge in [0.15, 0.2) is 0 Å². The zero-order chi connectivity index (χ0) is 41.1. The van der Waals surface area contributed by atoms with E-state index in [2.05, 4.69) is 0 Å². The van der Waals surface area contributed by atoms with E-state index in [0.29, 0.717) is 31.8 Å². The molecule has 0 aliphatic heterocycles. The first kappa shape index (κ1) is 41.2. The van der Waals surface area contributed by atoms with E-state index < -0.39 is 48.8 Å². The number of carbonyl (C=O) groups is 4. The molecular weight excluding hydrogens is 766 g/mol. The number of carbonyl (C=O) groups excluding carboxylic acids is 4. The largest absolute Gasteiger partial charge is 0.465 e. The van der Waals surface area contributed by atoms with Crippen LogP contribution >= 0.6 is 13.8 Å². The third-order valence-corrected chi connectivity index (χ3v) is 18.4. The number of rotatable bonds is 12. The maximum atomic E-state index is 15.1. The van der Waals surface area contributed by atoms with Crippen molar-refractivity contribution in [3.05, 3.63) is 193 Å². The minimum atomic E-state index is -3.59. The summed E-state index contributed by atoms with van der Waals surface area (Å²) in [4.78, 5) is 60.4. The van der Waals surface area contributed by atoms with Crippen LogP contribution in [0.15, 0.2) is 193 Å². The van der Waals surface area contributed by atoms with Crippen molar-refractivity contribution in [2.45, 2.75) is 0 Å². The molecule has 0 fully saturated rings. The summed E-state index contributed by atoms with van der Waals surface area (Å²) in [5.41, 5.74) is -0.975. The molecule has 6 aromatic rings. The molecule has 0 N–H and O–H groups in total. The van der Waals surface area contributed by atoms with Gasteiger partial charge in [-0.2, -0.15) is 0 Å². The highest BCUT2D eigenvalue weighted by molar-refractivity contribution is 7.97. The molecule has 6 rings (SSSR count). The maximum absolute atomic E-state index is 15.1. The van der Waals surface area contributed by atoms with Gasteiger partial charge < -0.3 is 18.9 Å². The normalized spacial score (nSPS) is 11.7. The second kappa shape index (κ2) is 18.7. The van der Waals surface area contributed by atoms with Crippen LogP contribution in [0.5, 0.6) is 0 Å². The molecule has 0 heterocycles. The van der Waals surface area contributed by atoms with Crippen LogP contribution in [0, 0.1) is 0 Å². The first-order valence-corrected chi connectivity index (χ1v) is 21.8. The number of ether oxygens (including phenoxy) is 4. The molecule has 10 heteroatoms. The predicted octanol–water partition coefficient (Wildman–Crippen LogP) is 5.31. The summed E-state index contributed by atoms with van der Waals surface area (Å²) in [5, 5.41) is 3.60. The zero-order valence-electron chi connectivity index (χ0n) is 32.5. The van der Waals surface area contributed by atoms with E-state index in [4.69, 9.17) is 18.9 Å². The van der Waals surface area contributed by atoms with E-state index in [1.165, 1.54) is 14.2 Å². The van der Waals surface area contributed by atoms with Gasteiger partial charge in [-0.3, -0.25) is 0 Å². The Balaban J connectivity index is 2.12. The van der Waals surface area contributed by atoms with Gasteiger partial charge in [0.2, 0.25) is 0 Å². The van der Waals surface area contributed by atoms with Crippen molar-refractivity contribution >= 4 is 80.1 Å². The van der Waals surface area contributed by atoms with Crippen LogP contribution in [0.4, 0.5) is 0 Å². The zero-order valence-corrected chi connectivity index (χ0v) is 34.3. The molecule has 0 amide bonds. The summed E-state index contributed by atoms with van der Waals surface area (Å²) in [6, 6.07) is 55.8. The van der Waals surface area contributed by atoms with Gasteiger partial charge in [-0.15, -0.1) is 0 Å². The molecule has 0 unspecified atom stereocenters. The SMILES string of the molecule is COC(=O)C(/C(C(=O)OC)=C(\C(=O)OC)C(C(=O)OC)=P(c1ccccc1)(c1ccccc1)c1ccccc1)=P(c1ccccc1)(c1ccccc1)c1ccccc1. The van der Waals surface area contributed by atoms with E-state index in [1.54, 1.807) is 0 Å². The average molecular weight is 809 g/mol. The lowest BCUT2D eigenvalue weighted by molar-refractivity contribution is -0.139. The fourth-order valence-electron chi connectivity index (χ4n) is 7.42. The van der Waals surface area contributed by atoms with E-state index in [9.17, 15) is 0 Å². The average Bonchev–Trinajstić information content (AvgIpc) is 3.30. The topological polar surface area (TPSA) is 105 Å². The molecule has 0 saturated carbocycles. The first-order chi connectivity index (χ1) is 28.3. The monoisotopic (exact) mass is 808 g/mol. The van der Waals surface area contributed by atoms with Crippen molar-refractivity contribution in [1.82, 2.24) is 0 Å². The van der Waals surface area contributed by atoms with Crippen LogP contribution < -0.4 is 31.8 Å². The summed E-state index contributed by atoms with van der Waals surface area (Å²) in [5.74, 6) is -3.97. The first-order valence-electron chi connectivity index (χ1n) is 18.3. The van der Waals surface area contributed by atoms with E-state index >= 15 is 19.2 Å². The third-order valence-electron chi connectivity index (χ3n) is 9.79. The Kier molecular flexibility index (Phi) is 13.2. The molecule has 0 aliphatic carbocycles. The van der Waals surface area contributed by atoms with E-state index in [0.717, 1.165) is 14.2 Å². The Morgan fingerprint density at radius 2 is 0.466 bits per heavy atom. The smallest absolute Gasteiger partial charge is 0.339 e. The Morgan fingerprint density at radius 3 is 0.621 bits per heavy atom. The number of hydrogen-bond acceptors (Lipinski definition) is 8. The van der Waals surface area contributed by atoms with Gasteiger partial charge >= 0.3 is 23.9 Å². The molecule has 0 atom stereocenters. The minimum Gasteiger partial charge on any atom is -0.465 e. The molecule has 292 valence electrons. The Morgan fingerprint density at radius 1 is 0.293 bits per heavy atom. The molecule has 0 saturated heterocycles. The summed E-state index contributed by atoms with van der Waals surface area (Å²) in [6.07, 6.45) is 0. The molecule has 0 bridgehead atoms. The third kappa shape index (κ3) is 7.41. The molecule has 8 nitrogen and oxygen atoms in total. The van der Waals surface area contributed by atoms with Gasteiger partial charge in [-0.1, -0.05) is 182 Å². The second-order valence-corrected chi connectivity index (χ2v) is 19.4. The van der Waals surface area contributed by atoms with Gasteiger partial charge in [0, 0.05) is 0 Å². The van der Waals surface area contributed by atoms with Gasteiger partial charge in [0.1, 0.15) is 0 Å². The fourth-order valence-corrected chi connectivity index (χ4v) is 16.3. The number of esters is 4. The van der Waals surface area contributed by atoms with Crippen molar-refractivity contribution in [2.24, 2.45) is 0 Å². The highest BCUT2D eigenvalue weighted by Crippen LogP contribution is 2.51. The molecule has 0 radical (unpaired) electrons. The van der Waals surface area contributed by atoms with Crippen molar-refractivity contribution < 1.29 is 38.1 Å². The van der Waals surface area contributed by atoms with Crippen molar-refractivity contribution in [3.63, 3.8) is 0 Å². The van der Waals surface area contributed by atoms with Crippen molar-refractivity contribution in [1.29, 1.82) is 0 Å². The van der Waals surface area contributed by atoms with Gasteiger partial charge in [-0.25, -0.2) is 19.2 Å². The second-order valence-electron chi connectivity index (χ2n) is 12.8. The summed E-state index contributed by atoms with van der Waals surface area (Å²) in [7, 11) is 4.74. The highest BCUT2D eigenvalue weighted by Gasteiger charge is 2.45. The fraction of sp³-hybridized carbons (Fsp3) is 0.0833. The lowest BCUT2D eigenvalue weighted by Crippen LogP contribution is -2.41. The van der Waals surface area contributed by atoms with E-state index in [1.807, 2.05) is 182 Å². The van der Waals surface area contributed by atoms with Crippen LogP contribution in [0.25, 0.3) is 0 Å². The molecule has 0 aromatic heterocycles. The Labute approximate surface area is 338 Å². The Hall–Kier alpha value is -6.46. The number of benzene rings is 6. The number of methoxy groups -OCH3 is 4. The molecular formula is C48H42O8P2. The summed E-state index contributed by atoms with van der Waals surface area (Å²) >= 11 is 0. The Bertz CT molecular complexity index is 2170. The van der Waals surface area contributed by atoms with Crippen molar-refractivity contribution in [3.8, 4) is 0 Å². The van der Waals surface area contributed by atoms with Gasteiger partial charge in [0.05, 0.1) is 50.2 Å². The molecule has 6 aromatic carbocycles. The molecule has 0 aliphatic rings. The van der Waals surface area contributed by atoms with Gasteiger partial charge in [0.25, 0.3) is 0 Å². The van der Waals surface area contributed by atoms with Crippen LogP contribution in [-0.4, -0.2) is 62.9 Å². The lowest BCUT2D eigenvalue weighted by Gasteiger charge is -2.34. The molecule has 58 heavy (non-hydrogen) atoms.